The third-order valence-electron chi connectivity index (χ3n) is 5.00. The number of urea groups is 1. The minimum absolute atomic E-state index is 0.169. The Kier molecular flexibility index (Phi) is 4.65. The number of nitrogens with one attached hydrogen (secondary N) is 2. The molecule has 4 rings (SSSR count). The predicted octanol–water partition coefficient (Wildman–Crippen LogP) is 3.55. The highest BCUT2D eigenvalue weighted by Gasteiger charge is 2.24. The molecule has 0 saturated carbocycles. The highest BCUT2D eigenvalue weighted by atomic mass is 16.5. The summed E-state index contributed by atoms with van der Waals surface area (Å²) in [5.41, 5.74) is 4.26. The highest BCUT2D eigenvalue weighted by Crippen LogP contribution is 2.29. The lowest BCUT2D eigenvalue weighted by Crippen LogP contribution is -2.38. The van der Waals surface area contributed by atoms with Gasteiger partial charge in [-0.2, -0.15) is 0 Å². The molecule has 3 aromatic rings. The van der Waals surface area contributed by atoms with Gasteiger partial charge in [0.1, 0.15) is 5.75 Å². The van der Waals surface area contributed by atoms with Crippen LogP contribution >= 0.6 is 0 Å². The van der Waals surface area contributed by atoms with Gasteiger partial charge >= 0.3 is 12.0 Å². The first-order valence-electron chi connectivity index (χ1n) is 9.01. The number of esters is 1. The average Bonchev–Trinajstić information content (AvgIpc) is 3.10. The van der Waals surface area contributed by atoms with E-state index in [2.05, 4.69) is 10.3 Å². The van der Waals surface area contributed by atoms with Crippen LogP contribution in [0.4, 0.5) is 10.5 Å². The van der Waals surface area contributed by atoms with Gasteiger partial charge in [-0.15, -0.1) is 0 Å². The molecule has 0 saturated heterocycles. The van der Waals surface area contributed by atoms with Crippen LogP contribution in [0.5, 0.6) is 5.75 Å². The average molecular weight is 379 g/mol. The lowest BCUT2D eigenvalue weighted by Gasteiger charge is -2.27. The molecule has 0 bridgehead atoms. The van der Waals surface area contributed by atoms with Crippen molar-refractivity contribution in [2.24, 2.45) is 0 Å². The van der Waals surface area contributed by atoms with Crippen LogP contribution in [0.15, 0.2) is 42.5 Å². The minimum Gasteiger partial charge on any atom is -0.497 e. The molecule has 2 amide bonds. The van der Waals surface area contributed by atoms with E-state index in [1.54, 1.807) is 24.1 Å². The van der Waals surface area contributed by atoms with Crippen molar-refractivity contribution < 1.29 is 19.1 Å². The van der Waals surface area contributed by atoms with Gasteiger partial charge in [0, 0.05) is 53.4 Å². The van der Waals surface area contributed by atoms with E-state index in [-0.39, 0.29) is 12.0 Å². The third-order valence-corrected chi connectivity index (χ3v) is 5.00. The number of aromatic amines is 1. The number of H-pyrrole nitrogens is 1. The summed E-state index contributed by atoms with van der Waals surface area (Å²) in [6, 6.07) is 12.5. The third kappa shape index (κ3) is 3.26. The molecule has 144 valence electrons. The Balaban J connectivity index is 1.57. The second-order valence-electron chi connectivity index (χ2n) is 6.67. The maximum Gasteiger partial charge on any atom is 0.337 e. The Morgan fingerprint density at radius 1 is 1.14 bits per heavy atom. The van der Waals surface area contributed by atoms with E-state index in [0.717, 1.165) is 28.6 Å². The summed E-state index contributed by atoms with van der Waals surface area (Å²) in [5.74, 6) is 0.311. The monoisotopic (exact) mass is 379 g/mol. The number of ether oxygens (including phenoxy) is 2. The summed E-state index contributed by atoms with van der Waals surface area (Å²) >= 11 is 0. The van der Waals surface area contributed by atoms with Crippen LogP contribution in [-0.2, 0) is 17.7 Å². The molecule has 1 aliphatic heterocycles. The number of carbonyl (C=O) groups excluding carboxylic acids is 2. The molecule has 2 heterocycles. The van der Waals surface area contributed by atoms with Gasteiger partial charge in [0.05, 0.1) is 19.8 Å². The lowest BCUT2D eigenvalue weighted by molar-refractivity contribution is 0.0601. The zero-order valence-corrected chi connectivity index (χ0v) is 15.7. The van der Waals surface area contributed by atoms with E-state index in [1.807, 2.05) is 30.3 Å². The van der Waals surface area contributed by atoms with Crippen LogP contribution in [0.25, 0.3) is 10.9 Å². The van der Waals surface area contributed by atoms with Crippen molar-refractivity contribution in [3.8, 4) is 5.75 Å². The van der Waals surface area contributed by atoms with Crippen LogP contribution in [0.2, 0.25) is 0 Å². The van der Waals surface area contributed by atoms with Crippen LogP contribution in [-0.4, -0.2) is 42.6 Å². The lowest BCUT2D eigenvalue weighted by atomic mass is 10.0. The van der Waals surface area contributed by atoms with Crippen molar-refractivity contribution in [1.82, 2.24) is 9.88 Å². The number of hydrogen-bond donors (Lipinski definition) is 2. The second-order valence-corrected chi connectivity index (χ2v) is 6.67. The van der Waals surface area contributed by atoms with Crippen molar-refractivity contribution in [2.75, 3.05) is 26.1 Å². The first-order valence-corrected chi connectivity index (χ1v) is 9.01. The van der Waals surface area contributed by atoms with E-state index in [0.29, 0.717) is 30.1 Å². The Morgan fingerprint density at radius 3 is 2.79 bits per heavy atom. The molecular weight excluding hydrogens is 358 g/mol. The topological polar surface area (TPSA) is 83.7 Å². The molecule has 7 nitrogen and oxygen atoms in total. The number of aromatic nitrogens is 1. The van der Waals surface area contributed by atoms with Gasteiger partial charge in [-0.3, -0.25) is 0 Å². The molecule has 28 heavy (non-hydrogen) atoms. The normalized spacial score (nSPS) is 13.1. The van der Waals surface area contributed by atoms with Crippen molar-refractivity contribution >= 4 is 28.6 Å². The molecule has 2 aromatic carbocycles. The highest BCUT2D eigenvalue weighted by molar-refractivity contribution is 5.96. The second kappa shape index (κ2) is 7.26. The number of nitrogens with zero attached hydrogens (tertiary/aromatic N) is 1. The standard InChI is InChI=1S/C21H21N3O4/c1-27-15-5-3-4-14(11-15)22-21(26)24-9-8-19-17(12-24)16-10-13(20(25)28-2)6-7-18(16)23-19/h3-7,10-11,23H,8-9,12H2,1-2H3,(H,22,26). The van der Waals surface area contributed by atoms with Crippen molar-refractivity contribution in [3.05, 3.63) is 59.3 Å². The fraction of sp³-hybridized carbons (Fsp3) is 0.238. The maximum absolute atomic E-state index is 12.7. The molecular formula is C21H21N3O4. The SMILES string of the molecule is COC(=O)c1ccc2[nH]c3c(c2c1)CN(C(=O)Nc1cccc(OC)c1)CC3. The number of rotatable bonds is 3. The number of fused-ring (bicyclic) bond motifs is 3. The molecule has 1 aromatic heterocycles. The van der Waals surface area contributed by atoms with Crippen LogP contribution in [0, 0.1) is 0 Å². The smallest absolute Gasteiger partial charge is 0.337 e. The fourth-order valence-electron chi connectivity index (χ4n) is 3.54. The van der Waals surface area contributed by atoms with E-state index in [9.17, 15) is 9.59 Å². The van der Waals surface area contributed by atoms with Gasteiger partial charge in [-0.1, -0.05) is 6.07 Å². The largest absolute Gasteiger partial charge is 0.497 e. The van der Waals surface area contributed by atoms with Crippen molar-refractivity contribution in [1.29, 1.82) is 0 Å². The van der Waals surface area contributed by atoms with Crippen LogP contribution < -0.4 is 10.1 Å². The summed E-state index contributed by atoms with van der Waals surface area (Å²) in [4.78, 5) is 29.8. The minimum atomic E-state index is -0.375. The van der Waals surface area contributed by atoms with Crippen LogP contribution in [0.3, 0.4) is 0 Å². The summed E-state index contributed by atoms with van der Waals surface area (Å²) in [6.45, 7) is 1.08. The van der Waals surface area contributed by atoms with E-state index >= 15 is 0 Å². The molecule has 0 spiro atoms. The summed E-state index contributed by atoms with van der Waals surface area (Å²) in [7, 11) is 2.95. The molecule has 0 radical (unpaired) electrons. The van der Waals surface area contributed by atoms with Gasteiger partial charge in [-0.05, 0) is 30.3 Å². The van der Waals surface area contributed by atoms with Gasteiger partial charge in [-0.25, -0.2) is 9.59 Å². The van der Waals surface area contributed by atoms with E-state index in [1.165, 1.54) is 7.11 Å². The fourth-order valence-corrected chi connectivity index (χ4v) is 3.54. The number of methoxy groups -OCH3 is 2. The number of carbonyl (C=O) groups is 2. The van der Waals surface area contributed by atoms with Gasteiger partial charge in [0.15, 0.2) is 0 Å². The van der Waals surface area contributed by atoms with E-state index < -0.39 is 0 Å². The van der Waals surface area contributed by atoms with Crippen LogP contribution in [0.1, 0.15) is 21.6 Å². The van der Waals surface area contributed by atoms with E-state index in [4.69, 9.17) is 9.47 Å². The zero-order chi connectivity index (χ0) is 19.7. The first kappa shape index (κ1) is 17.9. The molecule has 0 aliphatic carbocycles. The Hall–Kier alpha value is -3.48. The quantitative estimate of drug-likeness (QED) is 0.682. The summed E-state index contributed by atoms with van der Waals surface area (Å²) in [6.07, 6.45) is 0.725. The summed E-state index contributed by atoms with van der Waals surface area (Å²) in [5, 5.41) is 3.86. The molecule has 0 fully saturated rings. The zero-order valence-electron chi connectivity index (χ0n) is 15.7. The molecule has 2 N–H and O–H groups in total. The number of benzene rings is 2. The maximum atomic E-state index is 12.7. The van der Waals surface area contributed by atoms with Gasteiger partial charge in [0.25, 0.3) is 0 Å². The number of hydrogen-bond acceptors (Lipinski definition) is 4. The predicted molar refractivity (Wildman–Crippen MR) is 106 cm³/mol. The molecule has 1 aliphatic rings. The summed E-state index contributed by atoms with van der Waals surface area (Å²) < 4.78 is 10.0. The van der Waals surface area contributed by atoms with Gasteiger partial charge in [0.2, 0.25) is 0 Å². The number of amides is 2. The van der Waals surface area contributed by atoms with Crippen molar-refractivity contribution in [3.63, 3.8) is 0 Å². The Bertz CT molecular complexity index is 1060. The molecule has 0 atom stereocenters. The molecule has 7 heteroatoms. The first-order chi connectivity index (χ1) is 13.6. The van der Waals surface area contributed by atoms with Gasteiger partial charge < -0.3 is 24.7 Å². The number of anilines is 1. The Morgan fingerprint density at radius 2 is 2.00 bits per heavy atom. The van der Waals surface area contributed by atoms with Crippen molar-refractivity contribution in [2.45, 2.75) is 13.0 Å². The molecule has 0 unspecified atom stereocenters. The Labute approximate surface area is 162 Å².